The molecule has 1 atom stereocenters. The van der Waals surface area contributed by atoms with E-state index >= 15 is 0 Å². The molecule has 0 bridgehead atoms. The minimum atomic E-state index is -0.324. The Labute approximate surface area is 111 Å². The van der Waals surface area contributed by atoms with Gasteiger partial charge in [-0.2, -0.15) is 0 Å². The Morgan fingerprint density at radius 2 is 2.05 bits per heavy atom. The van der Waals surface area contributed by atoms with Gasteiger partial charge in [-0.3, -0.25) is 4.90 Å². The fourth-order valence-electron chi connectivity index (χ4n) is 2.50. The van der Waals surface area contributed by atoms with Crippen LogP contribution in [0.1, 0.15) is 18.7 Å². The van der Waals surface area contributed by atoms with Gasteiger partial charge in [0.25, 0.3) is 5.88 Å². The van der Waals surface area contributed by atoms with Crippen LogP contribution in [0.4, 0.5) is 4.39 Å². The van der Waals surface area contributed by atoms with E-state index in [0.29, 0.717) is 30.5 Å². The Bertz CT molecular complexity index is 463. The Kier molecular flexibility index (Phi) is 3.52. The lowest BCUT2D eigenvalue weighted by atomic mass is 10.1. The SMILES string of the molecule is CC(c1nc2c(cc1F)OCCO2)N1CCNCC1. The summed E-state index contributed by atoms with van der Waals surface area (Å²) in [6, 6.07) is 1.33. The van der Waals surface area contributed by atoms with Gasteiger partial charge in [-0.1, -0.05) is 0 Å². The average Bonchev–Trinajstić information content (AvgIpc) is 2.47. The molecule has 2 aliphatic heterocycles. The molecule has 0 aliphatic carbocycles. The van der Waals surface area contributed by atoms with Gasteiger partial charge >= 0.3 is 0 Å². The number of hydrogen-bond acceptors (Lipinski definition) is 5. The number of rotatable bonds is 2. The van der Waals surface area contributed by atoms with Gasteiger partial charge in [0.05, 0.1) is 11.7 Å². The average molecular weight is 267 g/mol. The second kappa shape index (κ2) is 5.30. The normalized spacial score (nSPS) is 21.2. The van der Waals surface area contributed by atoms with E-state index in [0.717, 1.165) is 26.2 Å². The number of aromatic nitrogens is 1. The van der Waals surface area contributed by atoms with Crippen molar-refractivity contribution in [3.05, 3.63) is 17.6 Å². The fourth-order valence-corrected chi connectivity index (χ4v) is 2.50. The molecule has 5 nitrogen and oxygen atoms in total. The summed E-state index contributed by atoms with van der Waals surface area (Å²) in [5.41, 5.74) is 0.436. The maximum atomic E-state index is 14.1. The molecule has 1 fully saturated rings. The van der Waals surface area contributed by atoms with Crippen molar-refractivity contribution < 1.29 is 13.9 Å². The molecule has 3 heterocycles. The third-order valence-corrected chi connectivity index (χ3v) is 3.61. The molecule has 1 aromatic rings. The van der Waals surface area contributed by atoms with Crippen molar-refractivity contribution in [1.82, 2.24) is 15.2 Å². The van der Waals surface area contributed by atoms with E-state index in [1.807, 2.05) is 6.92 Å². The number of halogens is 1. The second-order valence-electron chi connectivity index (χ2n) is 4.82. The van der Waals surface area contributed by atoms with Gasteiger partial charge in [0, 0.05) is 32.2 Å². The third kappa shape index (κ3) is 2.50. The molecule has 1 aromatic heterocycles. The van der Waals surface area contributed by atoms with E-state index in [4.69, 9.17) is 9.47 Å². The van der Waals surface area contributed by atoms with Gasteiger partial charge in [-0.05, 0) is 6.92 Å². The van der Waals surface area contributed by atoms with Crippen LogP contribution in [-0.2, 0) is 0 Å². The van der Waals surface area contributed by atoms with E-state index in [1.165, 1.54) is 6.07 Å². The molecule has 2 aliphatic rings. The summed E-state index contributed by atoms with van der Waals surface area (Å²) in [4.78, 5) is 6.52. The zero-order valence-electron chi connectivity index (χ0n) is 11.0. The van der Waals surface area contributed by atoms with Gasteiger partial charge in [0.15, 0.2) is 5.75 Å². The molecule has 0 amide bonds. The molecule has 19 heavy (non-hydrogen) atoms. The van der Waals surface area contributed by atoms with Crippen molar-refractivity contribution in [2.45, 2.75) is 13.0 Å². The highest BCUT2D eigenvalue weighted by Gasteiger charge is 2.25. The highest BCUT2D eigenvalue weighted by molar-refractivity contribution is 5.37. The van der Waals surface area contributed by atoms with Crippen molar-refractivity contribution in [3.63, 3.8) is 0 Å². The lowest BCUT2D eigenvalue weighted by Crippen LogP contribution is -2.44. The largest absolute Gasteiger partial charge is 0.484 e. The van der Waals surface area contributed by atoms with Crippen molar-refractivity contribution in [3.8, 4) is 11.6 Å². The summed E-state index contributed by atoms with van der Waals surface area (Å²) in [5.74, 6) is 0.486. The molecule has 0 saturated carbocycles. The predicted octanol–water partition coefficient (Wildman–Crippen LogP) is 0.958. The predicted molar refractivity (Wildman–Crippen MR) is 68.0 cm³/mol. The quantitative estimate of drug-likeness (QED) is 0.864. The zero-order chi connectivity index (χ0) is 13.2. The fraction of sp³-hybridized carbons (Fsp3) is 0.615. The van der Waals surface area contributed by atoms with Crippen LogP contribution in [0.5, 0.6) is 11.6 Å². The van der Waals surface area contributed by atoms with Crippen LogP contribution in [0.25, 0.3) is 0 Å². The molecule has 1 saturated heterocycles. The molecule has 104 valence electrons. The molecule has 0 aromatic carbocycles. The molecule has 1 N–H and O–H groups in total. The molecule has 1 unspecified atom stereocenters. The molecular weight excluding hydrogens is 249 g/mol. The lowest BCUT2D eigenvalue weighted by molar-refractivity contribution is 0.155. The van der Waals surface area contributed by atoms with Crippen LogP contribution in [-0.4, -0.2) is 49.3 Å². The topological polar surface area (TPSA) is 46.6 Å². The summed E-state index contributed by atoms with van der Waals surface area (Å²) in [6.07, 6.45) is 0. The summed E-state index contributed by atoms with van der Waals surface area (Å²) in [5, 5.41) is 3.29. The number of nitrogens with zero attached hydrogens (tertiary/aromatic N) is 2. The van der Waals surface area contributed by atoms with E-state index in [-0.39, 0.29) is 11.9 Å². The minimum absolute atomic E-state index is 0.0575. The number of ether oxygens (including phenoxy) is 2. The monoisotopic (exact) mass is 267 g/mol. The summed E-state index contributed by atoms with van der Waals surface area (Å²) >= 11 is 0. The van der Waals surface area contributed by atoms with Crippen molar-refractivity contribution in [2.24, 2.45) is 0 Å². The first-order chi connectivity index (χ1) is 9.25. The second-order valence-corrected chi connectivity index (χ2v) is 4.82. The van der Waals surface area contributed by atoms with Crippen LogP contribution in [0, 0.1) is 5.82 Å². The lowest BCUT2D eigenvalue weighted by Gasteiger charge is -2.32. The smallest absolute Gasteiger partial charge is 0.257 e. The third-order valence-electron chi connectivity index (χ3n) is 3.61. The standard InChI is InChI=1S/C13H18FN3O2/c1-9(17-4-2-15-3-5-17)12-10(14)8-11-13(16-12)19-7-6-18-11/h8-9,15H,2-7H2,1H3. The number of fused-ring (bicyclic) bond motifs is 1. The molecule has 3 rings (SSSR count). The molecule has 0 spiro atoms. The van der Waals surface area contributed by atoms with Gasteiger partial charge in [0.2, 0.25) is 0 Å². The van der Waals surface area contributed by atoms with Crippen LogP contribution in [0.3, 0.4) is 0 Å². The van der Waals surface area contributed by atoms with Gasteiger partial charge < -0.3 is 14.8 Å². The van der Waals surface area contributed by atoms with Crippen LogP contribution < -0.4 is 14.8 Å². The first-order valence-corrected chi connectivity index (χ1v) is 6.66. The summed E-state index contributed by atoms with van der Waals surface area (Å²) in [7, 11) is 0. The van der Waals surface area contributed by atoms with Crippen molar-refractivity contribution >= 4 is 0 Å². The minimum Gasteiger partial charge on any atom is -0.484 e. The Morgan fingerprint density at radius 1 is 1.32 bits per heavy atom. The summed E-state index contributed by atoms with van der Waals surface area (Å²) in [6.45, 7) is 6.54. The van der Waals surface area contributed by atoms with Crippen molar-refractivity contribution in [2.75, 3.05) is 39.4 Å². The Hall–Kier alpha value is -1.40. The van der Waals surface area contributed by atoms with E-state index in [2.05, 4.69) is 15.2 Å². The highest BCUT2D eigenvalue weighted by atomic mass is 19.1. The molecule has 6 heteroatoms. The number of pyridine rings is 1. The summed E-state index contributed by atoms with van der Waals surface area (Å²) < 4.78 is 24.9. The van der Waals surface area contributed by atoms with Gasteiger partial charge in [-0.25, -0.2) is 9.37 Å². The number of nitrogens with one attached hydrogen (secondary N) is 1. The Balaban J connectivity index is 1.86. The van der Waals surface area contributed by atoms with Crippen LogP contribution in [0.2, 0.25) is 0 Å². The first-order valence-electron chi connectivity index (χ1n) is 6.66. The van der Waals surface area contributed by atoms with Gasteiger partial charge in [-0.15, -0.1) is 0 Å². The zero-order valence-corrected chi connectivity index (χ0v) is 11.0. The van der Waals surface area contributed by atoms with Gasteiger partial charge in [0.1, 0.15) is 19.0 Å². The number of hydrogen-bond donors (Lipinski definition) is 1. The van der Waals surface area contributed by atoms with E-state index < -0.39 is 0 Å². The molecule has 0 radical (unpaired) electrons. The molecular formula is C13H18FN3O2. The van der Waals surface area contributed by atoms with Crippen LogP contribution in [0.15, 0.2) is 6.07 Å². The highest BCUT2D eigenvalue weighted by Crippen LogP contribution is 2.32. The van der Waals surface area contributed by atoms with Crippen LogP contribution >= 0.6 is 0 Å². The Morgan fingerprint density at radius 3 is 2.84 bits per heavy atom. The number of piperazine rings is 1. The van der Waals surface area contributed by atoms with Crippen molar-refractivity contribution in [1.29, 1.82) is 0 Å². The van der Waals surface area contributed by atoms with E-state index in [9.17, 15) is 4.39 Å². The first kappa shape index (κ1) is 12.6. The maximum Gasteiger partial charge on any atom is 0.257 e. The van der Waals surface area contributed by atoms with E-state index in [1.54, 1.807) is 0 Å². The maximum absolute atomic E-state index is 14.1.